The Balaban J connectivity index is 2.23. The van der Waals surface area contributed by atoms with Gasteiger partial charge in [-0.2, -0.15) is 0 Å². The number of benzene rings is 1. The minimum Gasteiger partial charge on any atom is -0.481 e. The maximum absolute atomic E-state index is 13.7. The SMILES string of the molecule is CCC1(C(=O)O)CCCN(C(=O)c2ccccc2F)C1. The lowest BCUT2D eigenvalue weighted by Crippen LogP contribution is -2.49. The molecule has 1 atom stereocenters. The Bertz CT molecular complexity index is 532. The van der Waals surface area contributed by atoms with E-state index in [1.165, 1.54) is 23.1 Å². The minimum absolute atomic E-state index is 0.00444. The number of likely N-dealkylation sites (tertiary alicyclic amines) is 1. The Hall–Kier alpha value is -1.91. The number of nitrogens with zero attached hydrogens (tertiary/aromatic N) is 1. The van der Waals surface area contributed by atoms with Crippen molar-refractivity contribution in [1.82, 2.24) is 4.90 Å². The van der Waals surface area contributed by atoms with Crippen molar-refractivity contribution in [2.75, 3.05) is 13.1 Å². The Morgan fingerprint density at radius 3 is 2.70 bits per heavy atom. The van der Waals surface area contributed by atoms with E-state index in [2.05, 4.69) is 0 Å². The lowest BCUT2D eigenvalue weighted by atomic mass is 9.77. The number of halogens is 1. The molecule has 108 valence electrons. The first-order valence-corrected chi connectivity index (χ1v) is 6.77. The summed E-state index contributed by atoms with van der Waals surface area (Å²) in [6, 6.07) is 5.79. The molecule has 0 bridgehead atoms. The van der Waals surface area contributed by atoms with Crippen LogP contribution in [0.5, 0.6) is 0 Å². The van der Waals surface area contributed by atoms with E-state index in [1.54, 1.807) is 6.07 Å². The summed E-state index contributed by atoms with van der Waals surface area (Å²) in [6.07, 6.45) is 1.64. The first-order chi connectivity index (χ1) is 9.50. The van der Waals surface area contributed by atoms with Crippen LogP contribution >= 0.6 is 0 Å². The number of carbonyl (C=O) groups is 2. The first kappa shape index (κ1) is 14.5. The topological polar surface area (TPSA) is 57.6 Å². The molecule has 0 aromatic heterocycles. The third kappa shape index (κ3) is 2.53. The van der Waals surface area contributed by atoms with Crippen LogP contribution in [0.2, 0.25) is 0 Å². The molecule has 4 nitrogen and oxygen atoms in total. The molecule has 0 saturated carbocycles. The van der Waals surface area contributed by atoms with Crippen molar-refractivity contribution in [3.63, 3.8) is 0 Å². The van der Waals surface area contributed by atoms with Crippen molar-refractivity contribution in [3.05, 3.63) is 35.6 Å². The van der Waals surface area contributed by atoms with E-state index in [-0.39, 0.29) is 12.1 Å². The average Bonchev–Trinajstić information content (AvgIpc) is 2.47. The molecule has 1 heterocycles. The van der Waals surface area contributed by atoms with Crippen LogP contribution in [0.4, 0.5) is 4.39 Å². The molecule has 0 radical (unpaired) electrons. The second-order valence-corrected chi connectivity index (χ2v) is 5.25. The molecule has 1 saturated heterocycles. The summed E-state index contributed by atoms with van der Waals surface area (Å²) in [5, 5.41) is 9.40. The molecule has 1 fully saturated rings. The van der Waals surface area contributed by atoms with Gasteiger partial charge in [0.25, 0.3) is 5.91 Å². The normalized spacial score (nSPS) is 22.6. The van der Waals surface area contributed by atoms with E-state index >= 15 is 0 Å². The lowest BCUT2D eigenvalue weighted by molar-refractivity contribution is -0.152. The monoisotopic (exact) mass is 279 g/mol. The van der Waals surface area contributed by atoms with Gasteiger partial charge in [0, 0.05) is 13.1 Å². The van der Waals surface area contributed by atoms with Gasteiger partial charge in [-0.1, -0.05) is 19.1 Å². The summed E-state index contributed by atoms with van der Waals surface area (Å²) >= 11 is 0. The largest absolute Gasteiger partial charge is 0.481 e. The van der Waals surface area contributed by atoms with Crippen LogP contribution in [-0.2, 0) is 4.79 Å². The highest BCUT2D eigenvalue weighted by Gasteiger charge is 2.42. The summed E-state index contributed by atoms with van der Waals surface area (Å²) in [7, 11) is 0. The Morgan fingerprint density at radius 2 is 2.10 bits per heavy atom. The van der Waals surface area contributed by atoms with Crippen molar-refractivity contribution < 1.29 is 19.1 Å². The molecule has 5 heteroatoms. The second kappa shape index (κ2) is 5.61. The van der Waals surface area contributed by atoms with Gasteiger partial charge in [0.2, 0.25) is 0 Å². The van der Waals surface area contributed by atoms with Crippen molar-refractivity contribution in [1.29, 1.82) is 0 Å². The molecule has 20 heavy (non-hydrogen) atoms. The van der Waals surface area contributed by atoms with Gasteiger partial charge in [-0.05, 0) is 31.4 Å². The predicted octanol–water partition coefficient (Wildman–Crippen LogP) is 2.54. The molecule has 2 rings (SSSR count). The van der Waals surface area contributed by atoms with Crippen LogP contribution in [0.25, 0.3) is 0 Å². The fourth-order valence-corrected chi connectivity index (χ4v) is 2.72. The fraction of sp³-hybridized carbons (Fsp3) is 0.467. The van der Waals surface area contributed by atoms with Gasteiger partial charge in [-0.15, -0.1) is 0 Å². The number of aliphatic carboxylic acids is 1. The number of carboxylic acid groups (broad SMARTS) is 1. The van der Waals surface area contributed by atoms with Crippen LogP contribution in [0.1, 0.15) is 36.5 Å². The first-order valence-electron chi connectivity index (χ1n) is 6.77. The molecule has 1 aliphatic rings. The standard InChI is InChI=1S/C15H18FNO3/c1-2-15(14(19)20)8-5-9-17(10-15)13(18)11-6-3-4-7-12(11)16/h3-4,6-7H,2,5,8-10H2,1H3,(H,19,20). The number of hydrogen-bond acceptors (Lipinski definition) is 2. The average molecular weight is 279 g/mol. The van der Waals surface area contributed by atoms with E-state index in [9.17, 15) is 19.1 Å². The van der Waals surface area contributed by atoms with E-state index < -0.39 is 23.1 Å². The van der Waals surface area contributed by atoms with E-state index in [1.807, 2.05) is 6.92 Å². The number of amides is 1. The molecule has 1 aliphatic heterocycles. The lowest BCUT2D eigenvalue weighted by Gasteiger charge is -2.39. The van der Waals surface area contributed by atoms with Crippen molar-refractivity contribution in [3.8, 4) is 0 Å². The molecule has 1 unspecified atom stereocenters. The summed E-state index contributed by atoms with van der Waals surface area (Å²) in [4.78, 5) is 25.3. The zero-order chi connectivity index (χ0) is 14.8. The molecule has 1 aromatic carbocycles. The number of rotatable bonds is 3. The third-order valence-corrected chi connectivity index (χ3v) is 4.10. The van der Waals surface area contributed by atoms with Gasteiger partial charge >= 0.3 is 5.97 Å². The minimum atomic E-state index is -0.904. The van der Waals surface area contributed by atoms with E-state index in [4.69, 9.17) is 0 Å². The smallest absolute Gasteiger partial charge is 0.311 e. The van der Waals surface area contributed by atoms with Crippen molar-refractivity contribution in [2.45, 2.75) is 26.2 Å². The molecule has 1 aromatic rings. The van der Waals surface area contributed by atoms with E-state index in [0.29, 0.717) is 25.8 Å². The van der Waals surface area contributed by atoms with Gasteiger partial charge in [0.1, 0.15) is 5.82 Å². The molecule has 0 spiro atoms. The highest BCUT2D eigenvalue weighted by atomic mass is 19.1. The van der Waals surface area contributed by atoms with Gasteiger partial charge < -0.3 is 10.0 Å². The second-order valence-electron chi connectivity index (χ2n) is 5.25. The molecule has 1 amide bonds. The molecule has 0 aliphatic carbocycles. The third-order valence-electron chi connectivity index (χ3n) is 4.10. The number of piperidine rings is 1. The van der Waals surface area contributed by atoms with Gasteiger partial charge in [0.05, 0.1) is 11.0 Å². The van der Waals surface area contributed by atoms with Gasteiger partial charge in [-0.25, -0.2) is 4.39 Å². The maximum Gasteiger partial charge on any atom is 0.311 e. The van der Waals surface area contributed by atoms with Gasteiger partial charge in [0.15, 0.2) is 0 Å². The number of hydrogen-bond donors (Lipinski definition) is 1. The summed E-state index contributed by atoms with van der Waals surface area (Å²) in [6.45, 7) is 2.43. The van der Waals surface area contributed by atoms with Crippen LogP contribution in [-0.4, -0.2) is 35.0 Å². The van der Waals surface area contributed by atoms with Crippen LogP contribution in [0.3, 0.4) is 0 Å². The predicted molar refractivity (Wildman–Crippen MR) is 71.9 cm³/mol. The molecular weight excluding hydrogens is 261 g/mol. The summed E-state index contributed by atoms with van der Waals surface area (Å²) < 4.78 is 13.7. The Morgan fingerprint density at radius 1 is 1.40 bits per heavy atom. The quantitative estimate of drug-likeness (QED) is 0.925. The molecule has 1 N–H and O–H groups in total. The molecular formula is C15H18FNO3. The van der Waals surface area contributed by atoms with Gasteiger partial charge in [-0.3, -0.25) is 9.59 Å². The van der Waals surface area contributed by atoms with Crippen LogP contribution in [0, 0.1) is 11.2 Å². The highest BCUT2D eigenvalue weighted by molar-refractivity contribution is 5.95. The summed E-state index contributed by atoms with van der Waals surface area (Å²) in [5.41, 5.74) is -0.899. The Kier molecular flexibility index (Phi) is 4.06. The van der Waals surface area contributed by atoms with E-state index in [0.717, 1.165) is 0 Å². The fourth-order valence-electron chi connectivity index (χ4n) is 2.72. The zero-order valence-electron chi connectivity index (χ0n) is 11.4. The van der Waals surface area contributed by atoms with Crippen LogP contribution < -0.4 is 0 Å². The van der Waals surface area contributed by atoms with Crippen LogP contribution in [0.15, 0.2) is 24.3 Å². The van der Waals surface area contributed by atoms with Crippen molar-refractivity contribution >= 4 is 11.9 Å². The Labute approximate surface area is 117 Å². The number of carboxylic acids is 1. The number of carbonyl (C=O) groups excluding carboxylic acids is 1. The maximum atomic E-state index is 13.7. The zero-order valence-corrected chi connectivity index (χ0v) is 11.4. The van der Waals surface area contributed by atoms with Crippen molar-refractivity contribution in [2.24, 2.45) is 5.41 Å². The highest BCUT2D eigenvalue weighted by Crippen LogP contribution is 2.34. The summed E-state index contributed by atoms with van der Waals surface area (Å²) in [5.74, 6) is -1.88.